The fraction of sp³-hybridized carbons (Fsp3) is 0.654. The van der Waals surface area contributed by atoms with Crippen LogP contribution in [0.4, 0.5) is 13.2 Å². The molecular weight excluding hydrogens is 489 g/mol. The molecule has 4 aliphatic rings. The second kappa shape index (κ2) is 9.89. The van der Waals surface area contributed by atoms with Crippen LogP contribution in [0.25, 0.3) is 0 Å². The first kappa shape index (κ1) is 25.9. The Morgan fingerprint density at radius 2 is 2.16 bits per heavy atom. The van der Waals surface area contributed by atoms with Gasteiger partial charge in [0.1, 0.15) is 0 Å². The topological polar surface area (TPSA) is 84.0 Å². The van der Waals surface area contributed by atoms with Crippen molar-refractivity contribution in [1.82, 2.24) is 20.1 Å². The quantitative estimate of drug-likeness (QED) is 0.608. The van der Waals surface area contributed by atoms with Gasteiger partial charge in [-0.15, -0.1) is 6.42 Å². The Labute approximate surface area is 213 Å². The first-order valence-electron chi connectivity index (χ1n) is 12.6. The smallest absolute Gasteiger partial charge is 0.379 e. The molecule has 37 heavy (non-hydrogen) atoms. The highest BCUT2D eigenvalue weighted by molar-refractivity contribution is 5.94. The van der Waals surface area contributed by atoms with Gasteiger partial charge >= 0.3 is 6.18 Å². The zero-order valence-corrected chi connectivity index (χ0v) is 20.7. The molecule has 3 fully saturated rings. The number of terminal acetylenes is 1. The molecule has 11 heteroatoms. The van der Waals surface area contributed by atoms with Crippen LogP contribution in [0.3, 0.4) is 0 Å². The van der Waals surface area contributed by atoms with Crippen molar-refractivity contribution in [2.75, 3.05) is 40.0 Å². The van der Waals surface area contributed by atoms with Crippen molar-refractivity contribution in [2.24, 2.45) is 11.3 Å². The van der Waals surface area contributed by atoms with E-state index in [0.29, 0.717) is 56.8 Å². The number of fused-ring (bicyclic) bond motifs is 2. The Kier molecular flexibility index (Phi) is 6.94. The number of rotatable bonds is 4. The Morgan fingerprint density at radius 1 is 1.35 bits per heavy atom. The number of methoxy groups -OCH3 is 1. The molecule has 1 aromatic rings. The molecule has 1 aromatic heterocycles. The third kappa shape index (κ3) is 4.82. The minimum Gasteiger partial charge on any atom is -0.379 e. The van der Waals surface area contributed by atoms with E-state index < -0.39 is 23.1 Å². The third-order valence-corrected chi connectivity index (χ3v) is 8.42. The fourth-order valence-electron chi connectivity index (χ4n) is 6.58. The fourth-order valence-corrected chi connectivity index (χ4v) is 6.58. The molecule has 5 rings (SSSR count). The lowest BCUT2D eigenvalue weighted by molar-refractivity contribution is -0.144. The summed E-state index contributed by atoms with van der Waals surface area (Å²) in [5.41, 5.74) is -0.671. The van der Waals surface area contributed by atoms with Crippen LogP contribution in [0.5, 0.6) is 0 Å². The molecule has 1 saturated carbocycles. The summed E-state index contributed by atoms with van der Waals surface area (Å²) < 4.78 is 50.9. The number of likely N-dealkylation sites (tertiary alicyclic amines) is 1. The normalized spacial score (nSPS) is 31.5. The number of amides is 2. The van der Waals surface area contributed by atoms with Crippen molar-refractivity contribution in [2.45, 2.75) is 56.6 Å². The molecule has 0 spiro atoms. The molecule has 8 nitrogen and oxygen atoms in total. The van der Waals surface area contributed by atoms with Crippen molar-refractivity contribution in [3.63, 3.8) is 0 Å². The number of nitrogens with zero attached hydrogens (tertiary/aromatic N) is 3. The van der Waals surface area contributed by atoms with Crippen LogP contribution in [0.1, 0.15) is 36.1 Å². The number of ether oxygens (including phenoxy) is 2. The lowest BCUT2D eigenvalue weighted by Gasteiger charge is -2.37. The third-order valence-electron chi connectivity index (χ3n) is 8.42. The number of alkyl halides is 3. The van der Waals surface area contributed by atoms with E-state index in [0.717, 1.165) is 18.7 Å². The number of carbonyl (C=O) groups excluding carboxylic acids is 2. The Morgan fingerprint density at radius 3 is 2.89 bits per heavy atom. The molecule has 2 saturated heterocycles. The van der Waals surface area contributed by atoms with Crippen LogP contribution in [-0.4, -0.2) is 84.7 Å². The van der Waals surface area contributed by atoms with E-state index in [1.54, 1.807) is 16.9 Å². The molecule has 1 aliphatic carbocycles. The summed E-state index contributed by atoms with van der Waals surface area (Å²) in [5, 5.41) is 3.67. The van der Waals surface area contributed by atoms with Gasteiger partial charge in [0.15, 0.2) is 0 Å². The molecule has 0 radical (unpaired) electrons. The number of hydrogen-bond acceptors (Lipinski definition) is 6. The zero-order valence-electron chi connectivity index (χ0n) is 20.7. The first-order chi connectivity index (χ1) is 17.6. The summed E-state index contributed by atoms with van der Waals surface area (Å²) in [4.78, 5) is 33.7. The lowest BCUT2D eigenvalue weighted by atomic mass is 9.78. The molecule has 3 aliphatic heterocycles. The zero-order chi connectivity index (χ0) is 26.4. The molecule has 2 amide bonds. The minimum absolute atomic E-state index is 0.0355. The van der Waals surface area contributed by atoms with E-state index >= 15 is 0 Å². The van der Waals surface area contributed by atoms with Crippen molar-refractivity contribution in [1.29, 1.82) is 0 Å². The van der Waals surface area contributed by atoms with Gasteiger partial charge in [-0.05, 0) is 42.7 Å². The highest BCUT2D eigenvalue weighted by atomic mass is 19.4. The van der Waals surface area contributed by atoms with Crippen LogP contribution in [-0.2, 0) is 38.2 Å². The van der Waals surface area contributed by atoms with E-state index in [1.807, 2.05) is 0 Å². The van der Waals surface area contributed by atoms with E-state index in [-0.39, 0.29) is 43.1 Å². The maximum atomic E-state index is 14.1. The number of pyridine rings is 1. The summed E-state index contributed by atoms with van der Waals surface area (Å²) in [6, 6.07) is 1.22. The van der Waals surface area contributed by atoms with Gasteiger partial charge in [0.2, 0.25) is 5.91 Å². The molecule has 200 valence electrons. The van der Waals surface area contributed by atoms with Crippen molar-refractivity contribution in [3.05, 3.63) is 29.1 Å². The molecule has 4 heterocycles. The average Bonchev–Trinajstić information content (AvgIpc) is 3.41. The minimum atomic E-state index is -4.51. The number of carbonyl (C=O) groups is 2. The predicted molar refractivity (Wildman–Crippen MR) is 126 cm³/mol. The summed E-state index contributed by atoms with van der Waals surface area (Å²) in [7, 11) is 1.65. The van der Waals surface area contributed by atoms with Crippen molar-refractivity contribution >= 4 is 11.8 Å². The van der Waals surface area contributed by atoms with Gasteiger partial charge in [-0.2, -0.15) is 13.2 Å². The number of halogens is 3. The maximum absolute atomic E-state index is 14.1. The van der Waals surface area contributed by atoms with Gasteiger partial charge in [0.25, 0.3) is 5.91 Å². The van der Waals surface area contributed by atoms with Crippen molar-refractivity contribution in [3.8, 4) is 12.3 Å². The van der Waals surface area contributed by atoms with Crippen molar-refractivity contribution < 1.29 is 32.2 Å². The van der Waals surface area contributed by atoms with Gasteiger partial charge in [-0.3, -0.25) is 14.6 Å². The van der Waals surface area contributed by atoms with E-state index in [9.17, 15) is 22.8 Å². The maximum Gasteiger partial charge on any atom is 0.417 e. The summed E-state index contributed by atoms with van der Waals surface area (Å²) in [5.74, 6) is 1.48. The van der Waals surface area contributed by atoms with Gasteiger partial charge < -0.3 is 24.6 Å². The largest absolute Gasteiger partial charge is 0.417 e. The molecular formula is C26H31F3N4O4. The predicted octanol–water partition coefficient (Wildman–Crippen LogP) is 1.62. The van der Waals surface area contributed by atoms with Gasteiger partial charge in [-0.25, -0.2) is 0 Å². The van der Waals surface area contributed by atoms with Crippen LogP contribution in [0.2, 0.25) is 0 Å². The lowest BCUT2D eigenvalue weighted by Crippen LogP contribution is -2.52. The number of hydrogen-bond donors (Lipinski definition) is 1. The monoisotopic (exact) mass is 520 g/mol. The molecule has 2 unspecified atom stereocenters. The molecule has 0 aromatic carbocycles. The number of nitrogens with one attached hydrogen (secondary N) is 1. The summed E-state index contributed by atoms with van der Waals surface area (Å²) in [6.07, 6.45) is 4.01. The van der Waals surface area contributed by atoms with E-state index in [2.05, 4.69) is 16.2 Å². The Hall–Kier alpha value is -2.68. The van der Waals surface area contributed by atoms with Crippen LogP contribution in [0, 0.1) is 23.7 Å². The molecule has 1 N–H and O–H groups in total. The Balaban J connectivity index is 1.37. The number of aromatic nitrogens is 1. The van der Waals surface area contributed by atoms with Crippen LogP contribution >= 0.6 is 0 Å². The standard InChI is InChI=1S/C26H31F3N4O4/c1-3-23(34)33-13-18-9-19(31-21-5-7-37-14-22(21)36-2)10-25(18,15-33)24(35)32-6-4-20-16(12-32)8-17(11-30-20)26(27,28)29/h1,8,11,18-19,21-22,31H,4-7,9-10,12-15H2,2H3/t18-,19+,21?,22?,25-/m0/s1. The Bertz CT molecular complexity index is 1110. The summed E-state index contributed by atoms with van der Waals surface area (Å²) in [6.45, 7) is 2.16. The molecule has 0 bridgehead atoms. The summed E-state index contributed by atoms with van der Waals surface area (Å²) >= 11 is 0. The van der Waals surface area contributed by atoms with Gasteiger partial charge in [0.05, 0.1) is 23.7 Å². The van der Waals surface area contributed by atoms with E-state index in [1.165, 1.54) is 0 Å². The highest BCUT2D eigenvalue weighted by Crippen LogP contribution is 2.50. The van der Waals surface area contributed by atoms with Gasteiger partial charge in [0, 0.05) is 70.3 Å². The SMILES string of the molecule is C#CC(=O)N1C[C@@H]2C[C@@H](NC3CCOCC3OC)C[C@]2(C(=O)N2CCc3ncc(C(F)(F)F)cc3C2)C1. The van der Waals surface area contributed by atoms with E-state index in [4.69, 9.17) is 15.9 Å². The molecule has 5 atom stereocenters. The second-order valence-corrected chi connectivity index (χ2v) is 10.5. The second-order valence-electron chi connectivity index (χ2n) is 10.5. The van der Waals surface area contributed by atoms with Gasteiger partial charge in [-0.1, -0.05) is 0 Å². The first-order valence-corrected chi connectivity index (χ1v) is 12.6. The highest BCUT2D eigenvalue weighted by Gasteiger charge is 2.59. The van der Waals surface area contributed by atoms with Crippen LogP contribution in [0.15, 0.2) is 12.3 Å². The average molecular weight is 521 g/mol. The van der Waals surface area contributed by atoms with Crippen LogP contribution < -0.4 is 5.32 Å².